The summed E-state index contributed by atoms with van der Waals surface area (Å²) in [6, 6.07) is 15.0. The topological polar surface area (TPSA) is 81.8 Å². The lowest BCUT2D eigenvalue weighted by Crippen LogP contribution is -2.33. The SMILES string of the molecule is CCCN1C(=O)C(Nc2ccc(N3CCC(C)CC3)cc2)=C(c2ccc(NC(C)=O)cc2)C1=O. The number of amides is 3. The van der Waals surface area contributed by atoms with Crippen LogP contribution in [-0.2, 0) is 14.4 Å². The smallest absolute Gasteiger partial charge is 0.278 e. The minimum atomic E-state index is -0.318. The molecule has 2 heterocycles. The van der Waals surface area contributed by atoms with Crippen LogP contribution < -0.4 is 15.5 Å². The number of benzene rings is 2. The van der Waals surface area contributed by atoms with Crippen LogP contribution in [0.4, 0.5) is 17.1 Å². The lowest BCUT2D eigenvalue weighted by Gasteiger charge is -2.32. The highest BCUT2D eigenvalue weighted by molar-refractivity contribution is 6.36. The molecule has 34 heavy (non-hydrogen) atoms. The van der Waals surface area contributed by atoms with Crippen molar-refractivity contribution in [1.29, 1.82) is 0 Å². The molecule has 1 fully saturated rings. The zero-order valence-electron chi connectivity index (χ0n) is 20.1. The Labute approximate surface area is 200 Å². The van der Waals surface area contributed by atoms with Crippen molar-refractivity contribution in [2.45, 2.75) is 40.0 Å². The first-order chi connectivity index (χ1) is 16.4. The summed E-state index contributed by atoms with van der Waals surface area (Å²) < 4.78 is 0. The number of hydrogen-bond acceptors (Lipinski definition) is 5. The van der Waals surface area contributed by atoms with Crippen LogP contribution in [0.1, 0.15) is 45.6 Å². The van der Waals surface area contributed by atoms with Gasteiger partial charge in [0.1, 0.15) is 5.70 Å². The maximum atomic E-state index is 13.2. The molecule has 0 aliphatic carbocycles. The Kier molecular flexibility index (Phi) is 7.01. The molecule has 0 unspecified atom stereocenters. The third-order valence-electron chi connectivity index (χ3n) is 6.39. The Hall–Kier alpha value is -3.61. The second kappa shape index (κ2) is 10.1. The van der Waals surface area contributed by atoms with Crippen LogP contribution in [0.15, 0.2) is 54.2 Å². The molecule has 2 aliphatic heterocycles. The summed E-state index contributed by atoms with van der Waals surface area (Å²) in [5.41, 5.74) is 3.83. The van der Waals surface area contributed by atoms with Crippen LogP contribution in [0.3, 0.4) is 0 Å². The quantitative estimate of drug-likeness (QED) is 0.596. The number of imide groups is 1. The van der Waals surface area contributed by atoms with E-state index in [1.807, 2.05) is 19.1 Å². The summed E-state index contributed by atoms with van der Waals surface area (Å²) >= 11 is 0. The molecule has 0 atom stereocenters. The number of carbonyl (C=O) groups is 3. The first kappa shape index (κ1) is 23.5. The molecule has 3 amide bonds. The second-order valence-electron chi connectivity index (χ2n) is 9.11. The van der Waals surface area contributed by atoms with Crippen LogP contribution in [0, 0.1) is 5.92 Å². The highest BCUT2D eigenvalue weighted by Gasteiger charge is 2.38. The standard InChI is InChI=1S/C27H32N4O3/c1-4-15-31-26(33)24(20-5-7-21(8-6-20)28-19(3)32)25(27(31)34)29-22-9-11-23(12-10-22)30-16-13-18(2)14-17-30/h5-12,18,29H,4,13-17H2,1-3H3,(H,28,32). The van der Waals surface area contributed by atoms with Crippen LogP contribution in [0.5, 0.6) is 0 Å². The van der Waals surface area contributed by atoms with E-state index in [0.29, 0.717) is 29.8 Å². The number of rotatable bonds is 7. The lowest BCUT2D eigenvalue weighted by molar-refractivity contribution is -0.136. The van der Waals surface area contributed by atoms with Crippen molar-refractivity contribution in [2.24, 2.45) is 5.92 Å². The van der Waals surface area contributed by atoms with E-state index in [0.717, 1.165) is 24.7 Å². The molecule has 1 saturated heterocycles. The maximum absolute atomic E-state index is 13.2. The fourth-order valence-corrected chi connectivity index (χ4v) is 4.48. The number of carbonyl (C=O) groups excluding carboxylic acids is 3. The molecule has 0 saturated carbocycles. The molecule has 2 N–H and O–H groups in total. The summed E-state index contributed by atoms with van der Waals surface area (Å²) in [4.78, 5) is 41.4. The summed E-state index contributed by atoms with van der Waals surface area (Å²) in [6.07, 6.45) is 3.07. The number of nitrogens with zero attached hydrogens (tertiary/aromatic N) is 2. The molecular formula is C27H32N4O3. The van der Waals surface area contributed by atoms with Gasteiger partial charge in [0, 0.05) is 43.6 Å². The Morgan fingerprint density at radius 1 is 0.941 bits per heavy atom. The van der Waals surface area contributed by atoms with Crippen molar-refractivity contribution in [3.05, 3.63) is 59.8 Å². The molecule has 0 spiro atoms. The summed E-state index contributed by atoms with van der Waals surface area (Å²) in [5.74, 6) is -0.0209. The van der Waals surface area contributed by atoms with Crippen molar-refractivity contribution in [2.75, 3.05) is 35.2 Å². The largest absolute Gasteiger partial charge is 0.372 e. The Bertz CT molecular complexity index is 1100. The van der Waals surface area contributed by atoms with Crippen molar-refractivity contribution < 1.29 is 14.4 Å². The van der Waals surface area contributed by atoms with Crippen molar-refractivity contribution in [3.63, 3.8) is 0 Å². The van der Waals surface area contributed by atoms with Gasteiger partial charge in [-0.1, -0.05) is 26.0 Å². The van der Waals surface area contributed by atoms with Gasteiger partial charge in [-0.15, -0.1) is 0 Å². The van der Waals surface area contributed by atoms with Crippen LogP contribution in [0.2, 0.25) is 0 Å². The predicted molar refractivity (Wildman–Crippen MR) is 135 cm³/mol. The third kappa shape index (κ3) is 4.98. The van der Waals surface area contributed by atoms with Gasteiger partial charge < -0.3 is 15.5 Å². The van der Waals surface area contributed by atoms with Gasteiger partial charge in [-0.3, -0.25) is 19.3 Å². The van der Waals surface area contributed by atoms with Crippen molar-refractivity contribution in [3.8, 4) is 0 Å². The molecule has 4 rings (SSSR count). The van der Waals surface area contributed by atoms with E-state index in [1.165, 1.54) is 30.4 Å². The molecule has 0 bridgehead atoms. The zero-order valence-corrected chi connectivity index (χ0v) is 20.1. The van der Waals surface area contributed by atoms with Crippen molar-refractivity contribution in [1.82, 2.24) is 4.90 Å². The fourth-order valence-electron chi connectivity index (χ4n) is 4.48. The maximum Gasteiger partial charge on any atom is 0.278 e. The van der Waals surface area contributed by atoms with E-state index < -0.39 is 0 Å². The molecule has 2 aromatic carbocycles. The van der Waals surface area contributed by atoms with E-state index in [-0.39, 0.29) is 23.4 Å². The first-order valence-corrected chi connectivity index (χ1v) is 12.0. The van der Waals surface area contributed by atoms with Crippen molar-refractivity contribution >= 4 is 40.4 Å². The predicted octanol–water partition coefficient (Wildman–Crippen LogP) is 4.48. The molecular weight excluding hydrogens is 428 g/mol. The Balaban J connectivity index is 1.60. The molecule has 0 aromatic heterocycles. The summed E-state index contributed by atoms with van der Waals surface area (Å²) in [7, 11) is 0. The highest BCUT2D eigenvalue weighted by atomic mass is 16.2. The van der Waals surface area contributed by atoms with Crippen LogP contribution in [-0.4, -0.2) is 42.3 Å². The minimum Gasteiger partial charge on any atom is -0.372 e. The Morgan fingerprint density at radius 2 is 1.56 bits per heavy atom. The van der Waals surface area contributed by atoms with Crippen LogP contribution >= 0.6 is 0 Å². The number of piperidine rings is 1. The lowest BCUT2D eigenvalue weighted by atomic mass is 9.99. The van der Waals surface area contributed by atoms with Gasteiger partial charge in [0.25, 0.3) is 11.8 Å². The van der Waals surface area contributed by atoms with Gasteiger partial charge in [-0.2, -0.15) is 0 Å². The third-order valence-corrected chi connectivity index (χ3v) is 6.39. The summed E-state index contributed by atoms with van der Waals surface area (Å²) in [6.45, 7) is 8.14. The molecule has 7 nitrogen and oxygen atoms in total. The average molecular weight is 461 g/mol. The number of anilines is 3. The van der Waals surface area contributed by atoms with Gasteiger partial charge in [0.2, 0.25) is 5.91 Å². The highest BCUT2D eigenvalue weighted by Crippen LogP contribution is 2.32. The van der Waals surface area contributed by atoms with E-state index >= 15 is 0 Å². The van der Waals surface area contributed by atoms with E-state index in [2.05, 4.69) is 34.6 Å². The fraction of sp³-hybridized carbons (Fsp3) is 0.370. The van der Waals surface area contributed by atoms with Gasteiger partial charge >= 0.3 is 0 Å². The van der Waals surface area contributed by atoms with Gasteiger partial charge in [-0.25, -0.2) is 0 Å². The molecule has 2 aliphatic rings. The molecule has 178 valence electrons. The normalized spacial score (nSPS) is 16.9. The van der Waals surface area contributed by atoms with E-state index in [1.54, 1.807) is 24.3 Å². The van der Waals surface area contributed by atoms with E-state index in [4.69, 9.17) is 0 Å². The molecule has 7 heteroatoms. The van der Waals surface area contributed by atoms with E-state index in [9.17, 15) is 14.4 Å². The van der Waals surface area contributed by atoms with Gasteiger partial charge in [0.15, 0.2) is 0 Å². The number of hydrogen-bond donors (Lipinski definition) is 2. The Morgan fingerprint density at radius 3 is 2.15 bits per heavy atom. The minimum absolute atomic E-state index is 0.168. The monoisotopic (exact) mass is 460 g/mol. The molecule has 2 aromatic rings. The zero-order chi connectivity index (χ0) is 24.2. The first-order valence-electron chi connectivity index (χ1n) is 12.0. The van der Waals surface area contributed by atoms with Gasteiger partial charge in [-0.05, 0) is 67.1 Å². The number of nitrogens with one attached hydrogen (secondary N) is 2. The van der Waals surface area contributed by atoms with Gasteiger partial charge in [0.05, 0.1) is 5.57 Å². The average Bonchev–Trinajstić information content (AvgIpc) is 3.05. The van der Waals surface area contributed by atoms with Crippen LogP contribution in [0.25, 0.3) is 5.57 Å². The summed E-state index contributed by atoms with van der Waals surface area (Å²) in [5, 5.41) is 5.94. The molecule has 0 radical (unpaired) electrons. The second-order valence-corrected chi connectivity index (χ2v) is 9.11.